The van der Waals surface area contributed by atoms with E-state index in [1.54, 1.807) is 0 Å². The van der Waals surface area contributed by atoms with Gasteiger partial charge in [-0.1, -0.05) is 25.7 Å². The SMILES string of the molecule is NC(C(=O)[OH2+])C(=O)[OH2+].[NH-]C1CCCCC1[NH-].[Pt+4]. The molecule has 17 heavy (non-hydrogen) atoms. The van der Waals surface area contributed by atoms with E-state index in [4.69, 9.17) is 21.7 Å². The first-order valence-corrected chi connectivity index (χ1v) is 5.05. The Morgan fingerprint density at radius 2 is 1.35 bits per heavy atom. The standard InChI is InChI=1S/C6H12N2.C3H5NO4.Pt/c7-5-3-1-2-4-6(5)8;4-1(2(5)6)3(7)8;/h5-8H,1-4H2;1H,4H2,(H,5,6)(H,7,8);/q-2;;+4/p+2. The molecule has 1 rings (SSSR count). The molecular formula is C9H19N3O4Pt+4. The van der Waals surface area contributed by atoms with Gasteiger partial charge in [0, 0.05) is 9.59 Å². The predicted molar refractivity (Wildman–Crippen MR) is 59.9 cm³/mol. The average molecular weight is 428 g/mol. The first-order chi connectivity index (χ1) is 7.36. The summed E-state index contributed by atoms with van der Waals surface area (Å²) in [6.45, 7) is 0. The molecule has 0 radical (unpaired) electrons. The van der Waals surface area contributed by atoms with Crippen LogP contribution in [-0.4, -0.2) is 40.3 Å². The Bertz CT molecular complexity index is 228. The molecular weight excluding hydrogens is 409 g/mol. The molecule has 1 saturated carbocycles. The Morgan fingerprint density at radius 3 is 1.47 bits per heavy atom. The zero-order valence-corrected chi connectivity index (χ0v) is 11.5. The van der Waals surface area contributed by atoms with E-state index in [9.17, 15) is 9.59 Å². The minimum Gasteiger partial charge on any atom is -0.676 e. The van der Waals surface area contributed by atoms with Crippen molar-refractivity contribution >= 4 is 11.9 Å². The van der Waals surface area contributed by atoms with Gasteiger partial charge in [0.05, 0.1) is 0 Å². The van der Waals surface area contributed by atoms with Gasteiger partial charge in [0.1, 0.15) is 0 Å². The summed E-state index contributed by atoms with van der Waals surface area (Å²) in [5, 5.41) is 12.4. The maximum absolute atomic E-state index is 9.79. The van der Waals surface area contributed by atoms with Gasteiger partial charge in [0.15, 0.2) is 0 Å². The number of hydrogen-bond acceptors (Lipinski definition) is 3. The maximum Gasteiger partial charge on any atom is 4.00 e. The third-order valence-electron chi connectivity index (χ3n) is 2.33. The van der Waals surface area contributed by atoms with Crippen LogP contribution in [0.1, 0.15) is 25.7 Å². The fourth-order valence-corrected chi connectivity index (χ4v) is 1.25. The van der Waals surface area contributed by atoms with Crippen LogP contribution in [0.5, 0.6) is 0 Å². The van der Waals surface area contributed by atoms with Crippen LogP contribution in [0.25, 0.3) is 11.5 Å². The molecule has 0 bridgehead atoms. The molecule has 7 nitrogen and oxygen atoms in total. The number of hydrogen-bond donors (Lipinski definition) is 1. The van der Waals surface area contributed by atoms with Crippen molar-refractivity contribution in [2.75, 3.05) is 0 Å². The quantitative estimate of drug-likeness (QED) is 0.453. The van der Waals surface area contributed by atoms with E-state index >= 15 is 0 Å². The molecule has 0 amide bonds. The van der Waals surface area contributed by atoms with Crippen molar-refractivity contribution in [3.05, 3.63) is 11.5 Å². The minimum absolute atomic E-state index is 0. The Kier molecular flexibility index (Phi) is 10.6. The van der Waals surface area contributed by atoms with E-state index in [1.165, 1.54) is 12.8 Å². The van der Waals surface area contributed by atoms with E-state index < -0.39 is 18.0 Å². The van der Waals surface area contributed by atoms with Gasteiger partial charge in [0.2, 0.25) is 0 Å². The second-order valence-corrected chi connectivity index (χ2v) is 3.70. The van der Waals surface area contributed by atoms with Crippen molar-refractivity contribution in [2.45, 2.75) is 43.8 Å². The van der Waals surface area contributed by atoms with Crippen LogP contribution in [0.4, 0.5) is 0 Å². The van der Waals surface area contributed by atoms with E-state index in [0.29, 0.717) is 0 Å². The zero-order valence-electron chi connectivity index (χ0n) is 9.27. The van der Waals surface area contributed by atoms with Crippen molar-refractivity contribution in [1.82, 2.24) is 0 Å². The van der Waals surface area contributed by atoms with Crippen LogP contribution in [0.2, 0.25) is 0 Å². The molecule has 0 aliphatic heterocycles. The summed E-state index contributed by atoms with van der Waals surface area (Å²) in [4.78, 5) is 19.6. The first kappa shape index (κ1) is 18.9. The number of carbonyl (C=O) groups excluding carboxylic acids is 2. The molecule has 0 aromatic heterocycles. The minimum atomic E-state index is -1.57. The number of nitrogens with two attached hydrogens (primary N) is 1. The summed E-state index contributed by atoms with van der Waals surface area (Å²) in [6.07, 6.45) is 4.25. The molecule has 2 unspecified atom stereocenters. The third kappa shape index (κ3) is 8.26. The van der Waals surface area contributed by atoms with Crippen LogP contribution in [0.3, 0.4) is 0 Å². The fourth-order valence-electron chi connectivity index (χ4n) is 1.25. The van der Waals surface area contributed by atoms with Crippen LogP contribution >= 0.6 is 0 Å². The fraction of sp³-hybridized carbons (Fsp3) is 0.778. The van der Waals surface area contributed by atoms with Crippen LogP contribution in [0, 0.1) is 0 Å². The van der Waals surface area contributed by atoms with Crippen molar-refractivity contribution in [2.24, 2.45) is 5.73 Å². The van der Waals surface area contributed by atoms with Gasteiger partial charge in [-0.15, -0.1) is 0 Å². The van der Waals surface area contributed by atoms with Crippen molar-refractivity contribution in [1.29, 1.82) is 0 Å². The molecule has 8 heteroatoms. The van der Waals surface area contributed by atoms with Crippen LogP contribution < -0.4 is 5.73 Å². The zero-order chi connectivity index (χ0) is 12.7. The van der Waals surface area contributed by atoms with E-state index in [-0.39, 0.29) is 33.1 Å². The summed E-state index contributed by atoms with van der Waals surface area (Å²) in [6, 6.07) is -1.73. The van der Waals surface area contributed by atoms with E-state index in [0.717, 1.165) is 12.8 Å². The Balaban J connectivity index is 0. The summed E-state index contributed by atoms with van der Waals surface area (Å²) in [5.74, 6) is -2.44. The average Bonchev–Trinajstić information content (AvgIpc) is 2.22. The number of rotatable bonds is 2. The second kappa shape index (κ2) is 9.53. The molecule has 0 aromatic carbocycles. The summed E-state index contributed by atoms with van der Waals surface area (Å²) in [5.41, 5.74) is 19.3. The third-order valence-corrected chi connectivity index (χ3v) is 2.33. The Labute approximate surface area is 114 Å². The molecule has 2 atom stereocenters. The van der Waals surface area contributed by atoms with Gasteiger partial charge >= 0.3 is 39.0 Å². The smallest absolute Gasteiger partial charge is 0.676 e. The summed E-state index contributed by atoms with van der Waals surface area (Å²) in [7, 11) is 0. The topological polar surface area (TPSA) is 154 Å². The van der Waals surface area contributed by atoms with Gasteiger partial charge in [-0.05, 0) is 0 Å². The van der Waals surface area contributed by atoms with Gasteiger partial charge in [-0.25, -0.2) is 0 Å². The van der Waals surface area contributed by atoms with Crippen LogP contribution in [0.15, 0.2) is 0 Å². The molecule has 100 valence electrons. The van der Waals surface area contributed by atoms with Gasteiger partial charge in [0.25, 0.3) is 0 Å². The summed E-state index contributed by atoms with van der Waals surface area (Å²) >= 11 is 0. The van der Waals surface area contributed by atoms with Gasteiger partial charge in [-0.2, -0.15) is 12.1 Å². The van der Waals surface area contributed by atoms with Gasteiger partial charge in [-0.3, -0.25) is 5.73 Å². The van der Waals surface area contributed by atoms with E-state index in [2.05, 4.69) is 5.73 Å². The largest absolute Gasteiger partial charge is 4.00 e. The maximum atomic E-state index is 9.79. The number of carbonyl (C=O) groups is 2. The van der Waals surface area contributed by atoms with Crippen molar-refractivity contribution in [3.8, 4) is 0 Å². The van der Waals surface area contributed by atoms with Crippen LogP contribution in [-0.2, 0) is 30.7 Å². The Hall–Kier alpha value is -0.492. The molecule has 1 fully saturated rings. The molecule has 8 N–H and O–H groups in total. The van der Waals surface area contributed by atoms with Crippen molar-refractivity contribution < 1.29 is 40.9 Å². The predicted octanol–water partition coefficient (Wildman–Crippen LogP) is -0.784. The Morgan fingerprint density at radius 1 is 1.06 bits per heavy atom. The second-order valence-electron chi connectivity index (χ2n) is 3.70. The molecule has 1 aliphatic carbocycles. The summed E-state index contributed by atoms with van der Waals surface area (Å²) < 4.78 is 0. The molecule has 0 saturated heterocycles. The molecule has 0 heterocycles. The normalized spacial score (nSPS) is 23.1. The first-order valence-electron chi connectivity index (χ1n) is 5.05. The van der Waals surface area contributed by atoms with Gasteiger partial charge < -0.3 is 21.7 Å². The monoisotopic (exact) mass is 428 g/mol. The molecule has 0 aromatic rings. The molecule has 0 spiro atoms. The van der Waals surface area contributed by atoms with Crippen molar-refractivity contribution in [3.63, 3.8) is 0 Å². The molecule has 1 aliphatic rings. The van der Waals surface area contributed by atoms with E-state index in [1.807, 2.05) is 0 Å². The number of nitrogens with one attached hydrogen (secondary N) is 2.